The highest BCUT2D eigenvalue weighted by molar-refractivity contribution is 7.07. The Labute approximate surface area is 213 Å². The van der Waals surface area contributed by atoms with Crippen LogP contribution in [0.25, 0.3) is 6.08 Å². The second kappa shape index (κ2) is 10.6. The molecule has 1 aliphatic heterocycles. The Morgan fingerprint density at radius 3 is 2.37 bits per heavy atom. The monoisotopic (exact) mass is 509 g/mol. The number of rotatable bonds is 7. The van der Waals surface area contributed by atoms with Crippen molar-refractivity contribution >= 4 is 40.7 Å². The Hall–Kier alpha value is -3.16. The van der Waals surface area contributed by atoms with Gasteiger partial charge in [-0.25, -0.2) is 9.79 Å². The molecule has 0 amide bonds. The highest BCUT2D eigenvalue weighted by Crippen LogP contribution is 2.31. The number of fused-ring (bicyclic) bond motifs is 1. The maximum Gasteiger partial charge on any atom is 0.338 e. The molecule has 4 rings (SSSR count). The second-order valence-electron chi connectivity index (χ2n) is 8.12. The van der Waals surface area contributed by atoms with E-state index in [1.54, 1.807) is 30.5 Å². The van der Waals surface area contributed by atoms with Gasteiger partial charge in [0.2, 0.25) is 0 Å². The fraction of sp³-hybridized carbons (Fsp3) is 0.296. The first-order valence-corrected chi connectivity index (χ1v) is 12.9. The zero-order valence-corrected chi connectivity index (χ0v) is 21.8. The van der Waals surface area contributed by atoms with Crippen molar-refractivity contribution in [2.24, 2.45) is 4.99 Å². The normalized spacial score (nSPS) is 15.6. The molecule has 0 aliphatic carbocycles. The van der Waals surface area contributed by atoms with Crippen molar-refractivity contribution in [1.82, 2.24) is 4.57 Å². The van der Waals surface area contributed by atoms with E-state index in [-0.39, 0.29) is 12.2 Å². The van der Waals surface area contributed by atoms with E-state index in [2.05, 4.69) is 35.9 Å². The van der Waals surface area contributed by atoms with Crippen LogP contribution in [0, 0.1) is 0 Å². The minimum Gasteiger partial charge on any atom is -0.463 e. The Morgan fingerprint density at radius 1 is 1.11 bits per heavy atom. The Kier molecular flexibility index (Phi) is 7.57. The van der Waals surface area contributed by atoms with Crippen LogP contribution in [-0.4, -0.2) is 30.2 Å². The zero-order chi connectivity index (χ0) is 25.1. The molecule has 0 fully saturated rings. The Morgan fingerprint density at radius 2 is 1.77 bits per heavy atom. The van der Waals surface area contributed by atoms with Crippen LogP contribution in [0.4, 0.5) is 5.69 Å². The van der Waals surface area contributed by atoms with Gasteiger partial charge in [0.25, 0.3) is 5.56 Å². The lowest BCUT2D eigenvalue weighted by Gasteiger charge is -2.24. The summed E-state index contributed by atoms with van der Waals surface area (Å²) < 4.78 is 7.47. The summed E-state index contributed by atoms with van der Waals surface area (Å²) in [5.74, 6) is -0.477. The third-order valence-corrected chi connectivity index (χ3v) is 7.26. The van der Waals surface area contributed by atoms with Crippen LogP contribution in [0.5, 0.6) is 0 Å². The number of thiazole rings is 1. The van der Waals surface area contributed by atoms with E-state index >= 15 is 0 Å². The molecule has 3 aromatic rings. The molecule has 1 unspecified atom stereocenters. The van der Waals surface area contributed by atoms with Crippen molar-refractivity contribution in [2.75, 3.05) is 24.6 Å². The highest BCUT2D eigenvalue weighted by Gasteiger charge is 2.33. The van der Waals surface area contributed by atoms with Crippen LogP contribution in [-0.2, 0) is 9.53 Å². The number of esters is 1. The summed E-state index contributed by atoms with van der Waals surface area (Å²) in [7, 11) is 0. The van der Waals surface area contributed by atoms with Crippen molar-refractivity contribution in [1.29, 1.82) is 0 Å². The van der Waals surface area contributed by atoms with Gasteiger partial charge in [0, 0.05) is 23.8 Å². The van der Waals surface area contributed by atoms with Gasteiger partial charge in [-0.15, -0.1) is 0 Å². The minimum atomic E-state index is -0.644. The number of carbonyl (C=O) groups is 1. The second-order valence-corrected chi connectivity index (χ2v) is 9.56. The van der Waals surface area contributed by atoms with Gasteiger partial charge in [-0.3, -0.25) is 9.36 Å². The van der Waals surface area contributed by atoms with Gasteiger partial charge in [0.15, 0.2) is 4.80 Å². The van der Waals surface area contributed by atoms with Crippen molar-refractivity contribution < 1.29 is 9.53 Å². The lowest BCUT2D eigenvalue weighted by molar-refractivity contribution is -0.139. The largest absolute Gasteiger partial charge is 0.463 e. The van der Waals surface area contributed by atoms with Crippen LogP contribution < -0.4 is 19.8 Å². The molecule has 0 saturated carbocycles. The summed E-state index contributed by atoms with van der Waals surface area (Å²) in [6.07, 6.45) is 1.87. The van der Waals surface area contributed by atoms with Gasteiger partial charge < -0.3 is 9.64 Å². The standard InChI is InChI=1S/C27H28ClN3O3S/c1-5-30(6-2)21-14-8-18(9-15-21)16-22-25(32)31-24(19-10-12-20(28)13-11-19)23(26(33)34-7-3)17(4)29-27(31)35-22/h8-16,24H,5-7H2,1-4H3/b22-16+. The predicted octanol–water partition coefficient (Wildman–Crippen LogP) is 4.30. The average molecular weight is 510 g/mol. The molecular weight excluding hydrogens is 482 g/mol. The first kappa shape index (κ1) is 24.9. The van der Waals surface area contributed by atoms with E-state index in [9.17, 15) is 9.59 Å². The summed E-state index contributed by atoms with van der Waals surface area (Å²) >= 11 is 7.42. The molecule has 0 spiro atoms. The maximum atomic E-state index is 13.6. The van der Waals surface area contributed by atoms with Crippen LogP contribution in [0.1, 0.15) is 44.9 Å². The molecule has 1 aromatic heterocycles. The van der Waals surface area contributed by atoms with Gasteiger partial charge in [0.05, 0.1) is 28.5 Å². The molecule has 2 aromatic carbocycles. The van der Waals surface area contributed by atoms with Crippen molar-refractivity contribution in [3.63, 3.8) is 0 Å². The van der Waals surface area contributed by atoms with Gasteiger partial charge in [-0.1, -0.05) is 47.2 Å². The molecule has 182 valence electrons. The third kappa shape index (κ3) is 4.97. The van der Waals surface area contributed by atoms with E-state index in [4.69, 9.17) is 16.3 Å². The first-order valence-electron chi connectivity index (χ1n) is 11.7. The third-order valence-electron chi connectivity index (χ3n) is 6.02. The summed E-state index contributed by atoms with van der Waals surface area (Å²) in [4.78, 5) is 34.0. The molecular formula is C27H28ClN3O3S. The fourth-order valence-electron chi connectivity index (χ4n) is 4.27. The van der Waals surface area contributed by atoms with Crippen molar-refractivity contribution in [3.8, 4) is 0 Å². The predicted molar refractivity (Wildman–Crippen MR) is 142 cm³/mol. The van der Waals surface area contributed by atoms with Gasteiger partial charge >= 0.3 is 5.97 Å². The molecule has 0 N–H and O–H groups in total. The molecule has 35 heavy (non-hydrogen) atoms. The van der Waals surface area contributed by atoms with Crippen molar-refractivity contribution in [2.45, 2.75) is 33.7 Å². The Bertz CT molecular complexity index is 1430. The molecule has 0 saturated heterocycles. The molecule has 1 atom stereocenters. The average Bonchev–Trinajstić information content (AvgIpc) is 3.15. The smallest absolute Gasteiger partial charge is 0.338 e. The van der Waals surface area contributed by atoms with E-state index in [1.807, 2.05) is 30.3 Å². The maximum absolute atomic E-state index is 13.6. The number of nitrogens with zero attached hydrogens (tertiary/aromatic N) is 3. The summed E-state index contributed by atoms with van der Waals surface area (Å²) in [6.45, 7) is 9.88. The molecule has 1 aliphatic rings. The summed E-state index contributed by atoms with van der Waals surface area (Å²) in [5.41, 5.74) is 3.54. The number of benzene rings is 2. The highest BCUT2D eigenvalue weighted by atomic mass is 35.5. The van der Waals surface area contributed by atoms with E-state index in [0.29, 0.717) is 25.6 Å². The zero-order valence-electron chi connectivity index (χ0n) is 20.2. The molecule has 0 bridgehead atoms. The molecule has 8 heteroatoms. The number of halogens is 1. The van der Waals surface area contributed by atoms with Crippen LogP contribution in [0.2, 0.25) is 5.02 Å². The topological polar surface area (TPSA) is 63.9 Å². The lowest BCUT2D eigenvalue weighted by Crippen LogP contribution is -2.39. The number of hydrogen-bond donors (Lipinski definition) is 0. The van der Waals surface area contributed by atoms with Crippen LogP contribution >= 0.6 is 22.9 Å². The van der Waals surface area contributed by atoms with E-state index in [0.717, 1.165) is 29.9 Å². The molecule has 0 radical (unpaired) electrons. The van der Waals surface area contributed by atoms with E-state index in [1.165, 1.54) is 11.3 Å². The van der Waals surface area contributed by atoms with Gasteiger partial charge in [0.1, 0.15) is 0 Å². The number of allylic oxidation sites excluding steroid dienone is 1. The summed E-state index contributed by atoms with van der Waals surface area (Å²) in [5, 5.41) is 0.577. The number of hydrogen-bond acceptors (Lipinski definition) is 6. The first-order chi connectivity index (χ1) is 16.9. The van der Waals surface area contributed by atoms with Gasteiger partial charge in [-0.2, -0.15) is 0 Å². The molecule has 2 heterocycles. The van der Waals surface area contributed by atoms with Crippen LogP contribution in [0.3, 0.4) is 0 Å². The summed E-state index contributed by atoms with van der Waals surface area (Å²) in [6, 6.07) is 14.7. The number of aromatic nitrogens is 1. The Balaban J connectivity index is 1.85. The minimum absolute atomic E-state index is 0.198. The molecule has 6 nitrogen and oxygen atoms in total. The van der Waals surface area contributed by atoms with Gasteiger partial charge in [-0.05, 0) is 69.2 Å². The SMILES string of the molecule is CCOC(=O)C1=C(C)N=c2s/c(=C/c3ccc(N(CC)CC)cc3)c(=O)n2C1c1ccc(Cl)cc1. The number of carbonyl (C=O) groups excluding carboxylic acids is 1. The fourth-order valence-corrected chi connectivity index (χ4v) is 5.45. The quantitative estimate of drug-likeness (QED) is 0.445. The lowest BCUT2D eigenvalue weighted by atomic mass is 9.96. The van der Waals surface area contributed by atoms with Crippen LogP contribution in [0.15, 0.2) is 69.6 Å². The number of anilines is 1. The van der Waals surface area contributed by atoms with E-state index < -0.39 is 12.0 Å². The number of ether oxygens (including phenoxy) is 1. The van der Waals surface area contributed by atoms with Crippen molar-refractivity contribution in [3.05, 3.63) is 95.6 Å².